The van der Waals surface area contributed by atoms with Gasteiger partial charge in [-0.3, -0.25) is 0 Å². The SMILES string of the molecule is CC1(C)c2ccccc2-c2ccc(-c3cc(-c4ccc5c(c4)C(C)(C)c4ccccc4-5)c4nc(-c5ccc(-c6ccc7ccccc7n6)cc5)nc(-c5ccc(C6=CCc7ccccc7C=C6)cc5)c4c3)cc21. The lowest BCUT2D eigenvalue weighted by Gasteiger charge is -2.23. The zero-order valence-electron chi connectivity index (χ0n) is 41.4. The minimum atomic E-state index is -0.171. The van der Waals surface area contributed by atoms with Crippen molar-refractivity contribution in [3.8, 4) is 78.4 Å². The first-order chi connectivity index (χ1) is 35.7. The van der Waals surface area contributed by atoms with Crippen LogP contribution in [0.1, 0.15) is 66.6 Å². The average molecular weight is 934 g/mol. The smallest absolute Gasteiger partial charge is 0.160 e. The van der Waals surface area contributed by atoms with Gasteiger partial charge in [0.15, 0.2) is 5.82 Å². The number of benzene rings is 9. The molecule has 0 unspecified atom stereocenters. The van der Waals surface area contributed by atoms with E-state index in [0.717, 1.165) is 73.0 Å². The van der Waals surface area contributed by atoms with Crippen molar-refractivity contribution < 1.29 is 0 Å². The lowest BCUT2D eigenvalue weighted by Crippen LogP contribution is -2.15. The van der Waals surface area contributed by atoms with Crippen molar-refractivity contribution in [2.24, 2.45) is 0 Å². The van der Waals surface area contributed by atoms with Crippen LogP contribution in [0.5, 0.6) is 0 Å². The average Bonchev–Trinajstić information content (AvgIpc) is 3.66. The van der Waals surface area contributed by atoms with E-state index in [0.29, 0.717) is 5.82 Å². The van der Waals surface area contributed by atoms with Crippen LogP contribution >= 0.6 is 0 Å². The molecule has 9 aromatic carbocycles. The molecule has 2 heterocycles. The van der Waals surface area contributed by atoms with Crippen LogP contribution < -0.4 is 0 Å². The Morgan fingerprint density at radius 3 is 1.73 bits per heavy atom. The van der Waals surface area contributed by atoms with Gasteiger partial charge in [0.25, 0.3) is 0 Å². The quantitative estimate of drug-likeness (QED) is 0.167. The second-order valence-corrected chi connectivity index (χ2v) is 21.1. The van der Waals surface area contributed by atoms with E-state index in [1.807, 2.05) is 6.07 Å². The second kappa shape index (κ2) is 16.4. The van der Waals surface area contributed by atoms with Crippen LogP contribution in [-0.2, 0) is 17.3 Å². The summed E-state index contributed by atoms with van der Waals surface area (Å²) in [5, 5.41) is 2.14. The Labute approximate surface area is 427 Å². The third kappa shape index (κ3) is 6.98. The highest BCUT2D eigenvalue weighted by atomic mass is 14.9. The number of hydrogen-bond donors (Lipinski definition) is 0. The van der Waals surface area contributed by atoms with E-state index in [1.54, 1.807) is 0 Å². The van der Waals surface area contributed by atoms with E-state index in [1.165, 1.54) is 72.3 Å². The first-order valence-electron chi connectivity index (χ1n) is 25.5. The molecule has 0 atom stereocenters. The molecule has 346 valence electrons. The molecule has 3 nitrogen and oxygen atoms in total. The van der Waals surface area contributed by atoms with Gasteiger partial charge < -0.3 is 0 Å². The summed E-state index contributed by atoms with van der Waals surface area (Å²) in [6, 6.07) is 75.5. The van der Waals surface area contributed by atoms with E-state index in [-0.39, 0.29) is 10.8 Å². The number of para-hydroxylation sites is 1. The van der Waals surface area contributed by atoms with Gasteiger partial charge in [0.2, 0.25) is 0 Å². The number of nitrogens with zero attached hydrogens (tertiary/aromatic N) is 3. The molecule has 2 aromatic heterocycles. The van der Waals surface area contributed by atoms with Gasteiger partial charge in [-0.2, -0.15) is 0 Å². The lowest BCUT2D eigenvalue weighted by molar-refractivity contribution is 0.660. The van der Waals surface area contributed by atoms with Gasteiger partial charge >= 0.3 is 0 Å². The van der Waals surface area contributed by atoms with Gasteiger partial charge in [-0.1, -0.05) is 216 Å². The number of rotatable bonds is 6. The third-order valence-electron chi connectivity index (χ3n) is 16.2. The van der Waals surface area contributed by atoms with Crippen LogP contribution in [0.3, 0.4) is 0 Å². The van der Waals surface area contributed by atoms with Gasteiger partial charge in [0.05, 0.1) is 22.4 Å². The number of pyridine rings is 1. The van der Waals surface area contributed by atoms with Gasteiger partial charge in [0, 0.05) is 43.9 Å². The van der Waals surface area contributed by atoms with Gasteiger partial charge in [-0.15, -0.1) is 0 Å². The molecule has 11 aromatic rings. The first kappa shape index (κ1) is 43.0. The molecule has 0 fully saturated rings. The van der Waals surface area contributed by atoms with E-state index in [4.69, 9.17) is 15.0 Å². The molecule has 0 radical (unpaired) electrons. The van der Waals surface area contributed by atoms with Crippen LogP contribution in [-0.4, -0.2) is 15.0 Å². The summed E-state index contributed by atoms with van der Waals surface area (Å²) in [7, 11) is 0. The Morgan fingerprint density at radius 2 is 0.973 bits per heavy atom. The van der Waals surface area contributed by atoms with Gasteiger partial charge in [0.1, 0.15) is 0 Å². The topological polar surface area (TPSA) is 38.7 Å². The molecule has 73 heavy (non-hydrogen) atoms. The van der Waals surface area contributed by atoms with Crippen molar-refractivity contribution in [2.45, 2.75) is 44.9 Å². The van der Waals surface area contributed by atoms with E-state index >= 15 is 0 Å². The molecule has 3 heteroatoms. The standard InChI is InChI=1S/C70H51N3/c1-69(2)60-18-10-8-16-54(60)56-36-33-51(41-62(56)69)53-39-58(52-34-37-57-55-17-9-11-19-61(55)70(3,4)63(57)42-52)67-59(40-53)66(49-29-25-46(26-30-49)45-23-21-43-13-5-6-14-44(43)22-24-45)72-68(73-67)50-31-27-48(28-32-50)65-38-35-47-15-7-12-20-64(47)71-65/h5-21,23-42H,22H2,1-4H3. The maximum absolute atomic E-state index is 5.64. The largest absolute Gasteiger partial charge is 0.248 e. The first-order valence-corrected chi connectivity index (χ1v) is 25.5. The Morgan fingerprint density at radius 1 is 0.384 bits per heavy atom. The Bertz CT molecular complexity index is 4150. The minimum Gasteiger partial charge on any atom is -0.248 e. The Balaban J connectivity index is 0.977. The lowest BCUT2D eigenvalue weighted by atomic mass is 9.81. The zero-order valence-corrected chi connectivity index (χ0v) is 41.4. The Hall–Kier alpha value is -8.79. The maximum Gasteiger partial charge on any atom is 0.160 e. The van der Waals surface area contributed by atoms with E-state index in [2.05, 4.69) is 246 Å². The predicted octanol–water partition coefficient (Wildman–Crippen LogP) is 17.8. The molecule has 0 saturated heterocycles. The molecular weight excluding hydrogens is 883 g/mol. The summed E-state index contributed by atoms with van der Waals surface area (Å²) >= 11 is 0. The molecule has 14 rings (SSSR count). The molecular formula is C70H51N3. The van der Waals surface area contributed by atoms with Crippen LogP contribution in [0, 0.1) is 0 Å². The molecule has 0 bridgehead atoms. The van der Waals surface area contributed by atoms with Gasteiger partial charge in [-0.05, 0) is 126 Å². The highest BCUT2D eigenvalue weighted by Gasteiger charge is 2.37. The summed E-state index contributed by atoms with van der Waals surface area (Å²) in [4.78, 5) is 16.3. The monoisotopic (exact) mass is 933 g/mol. The van der Waals surface area contributed by atoms with Crippen molar-refractivity contribution in [1.82, 2.24) is 15.0 Å². The number of fused-ring (bicyclic) bond motifs is 9. The maximum atomic E-state index is 5.64. The summed E-state index contributed by atoms with van der Waals surface area (Å²) in [6.07, 6.45) is 7.73. The van der Waals surface area contributed by atoms with Crippen molar-refractivity contribution >= 4 is 33.5 Å². The van der Waals surface area contributed by atoms with Crippen LogP contribution in [0.15, 0.2) is 218 Å². The number of allylic oxidation sites excluding steroid dienone is 3. The molecule has 0 saturated carbocycles. The number of hydrogen-bond acceptors (Lipinski definition) is 3. The van der Waals surface area contributed by atoms with Crippen molar-refractivity contribution in [3.63, 3.8) is 0 Å². The second-order valence-electron chi connectivity index (χ2n) is 21.1. The fourth-order valence-electron chi connectivity index (χ4n) is 12.1. The molecule has 0 spiro atoms. The third-order valence-corrected chi connectivity index (χ3v) is 16.2. The molecule has 3 aliphatic rings. The zero-order chi connectivity index (χ0) is 49.0. The highest BCUT2D eigenvalue weighted by molar-refractivity contribution is 6.05. The summed E-state index contributed by atoms with van der Waals surface area (Å²) in [6.45, 7) is 9.44. The van der Waals surface area contributed by atoms with Crippen LogP contribution in [0.25, 0.3) is 112 Å². The van der Waals surface area contributed by atoms with Crippen LogP contribution in [0.4, 0.5) is 0 Å². The molecule has 0 aliphatic heterocycles. The van der Waals surface area contributed by atoms with E-state index in [9.17, 15) is 0 Å². The van der Waals surface area contributed by atoms with Crippen molar-refractivity contribution in [2.75, 3.05) is 0 Å². The fourth-order valence-corrected chi connectivity index (χ4v) is 12.1. The fraction of sp³-hybridized carbons (Fsp3) is 0.100. The van der Waals surface area contributed by atoms with E-state index < -0.39 is 0 Å². The molecule has 3 aliphatic carbocycles. The molecule has 0 amide bonds. The number of aromatic nitrogens is 3. The van der Waals surface area contributed by atoms with Crippen LogP contribution in [0.2, 0.25) is 0 Å². The predicted molar refractivity (Wildman–Crippen MR) is 304 cm³/mol. The molecule has 0 N–H and O–H groups in total. The normalized spacial score (nSPS) is 14.5. The Kier molecular flexibility index (Phi) is 9.66. The van der Waals surface area contributed by atoms with Gasteiger partial charge in [-0.25, -0.2) is 15.0 Å². The minimum absolute atomic E-state index is 0.141. The van der Waals surface area contributed by atoms with Crippen molar-refractivity contribution in [3.05, 3.63) is 257 Å². The highest BCUT2D eigenvalue weighted by Crippen LogP contribution is 2.52. The summed E-state index contributed by atoms with van der Waals surface area (Å²) in [5.41, 5.74) is 26.6. The summed E-state index contributed by atoms with van der Waals surface area (Å²) in [5.74, 6) is 0.678. The summed E-state index contributed by atoms with van der Waals surface area (Å²) < 4.78 is 0. The van der Waals surface area contributed by atoms with Crippen molar-refractivity contribution in [1.29, 1.82) is 0 Å².